The minimum absolute atomic E-state index is 0.357. The summed E-state index contributed by atoms with van der Waals surface area (Å²) < 4.78 is 29.1. The van der Waals surface area contributed by atoms with E-state index in [-0.39, 0.29) is 0 Å². The third kappa shape index (κ3) is 4.08. The number of hydrogen-bond acceptors (Lipinski definition) is 4. The van der Waals surface area contributed by atoms with Crippen molar-refractivity contribution in [3.8, 4) is 0 Å². The maximum atomic E-state index is 13.1. The van der Waals surface area contributed by atoms with Crippen molar-refractivity contribution < 1.29 is 8.42 Å². The largest absolute Gasteiger partial charge is 0.370 e. The summed E-state index contributed by atoms with van der Waals surface area (Å²) in [7, 11) is -3.52. The van der Waals surface area contributed by atoms with Crippen LogP contribution in [0.25, 0.3) is 0 Å². The molecule has 0 spiro atoms. The molecule has 0 bridgehead atoms. The Labute approximate surface area is 169 Å². The quantitative estimate of drug-likeness (QED) is 0.827. The highest BCUT2D eigenvalue weighted by atomic mass is 32.2. The molecule has 6 heteroatoms. The second-order valence-corrected chi connectivity index (χ2v) is 9.65. The summed E-state index contributed by atoms with van der Waals surface area (Å²) in [4.78, 5) is 6.96. The van der Waals surface area contributed by atoms with Crippen LogP contribution in [0.2, 0.25) is 0 Å². The van der Waals surface area contributed by atoms with E-state index in [1.165, 1.54) is 5.56 Å². The predicted molar refractivity (Wildman–Crippen MR) is 114 cm³/mol. The van der Waals surface area contributed by atoms with E-state index in [4.69, 9.17) is 0 Å². The van der Waals surface area contributed by atoms with E-state index in [9.17, 15) is 8.42 Å². The number of aromatic nitrogens is 1. The fourth-order valence-electron chi connectivity index (χ4n) is 4.10. The Bertz CT molecular complexity index is 918. The van der Waals surface area contributed by atoms with E-state index in [2.05, 4.69) is 27.6 Å². The molecule has 28 heavy (non-hydrogen) atoms. The highest BCUT2D eigenvalue weighted by Crippen LogP contribution is 2.30. The Morgan fingerprint density at radius 2 is 1.57 bits per heavy atom. The van der Waals surface area contributed by atoms with Crippen LogP contribution in [-0.2, 0) is 10.0 Å². The molecule has 152 valence electrons. The van der Waals surface area contributed by atoms with Gasteiger partial charge in [0.05, 0.1) is 16.8 Å². The lowest BCUT2D eigenvalue weighted by molar-refractivity contribution is 0.402. The zero-order valence-electron chi connectivity index (χ0n) is 17.5. The van der Waals surface area contributed by atoms with E-state index in [1.807, 2.05) is 40.0 Å². The molecule has 0 radical (unpaired) electrons. The normalized spacial score (nSPS) is 15.8. The van der Waals surface area contributed by atoms with Gasteiger partial charge in [-0.3, -0.25) is 4.98 Å². The fraction of sp³-hybridized carbons (Fsp3) is 0.500. The molecule has 3 rings (SSSR count). The van der Waals surface area contributed by atoms with Crippen LogP contribution in [0.4, 0.5) is 5.69 Å². The van der Waals surface area contributed by atoms with Crippen molar-refractivity contribution in [3.05, 3.63) is 52.3 Å². The first-order valence-corrected chi connectivity index (χ1v) is 11.4. The van der Waals surface area contributed by atoms with Gasteiger partial charge in [-0.05, 0) is 93.3 Å². The molecule has 0 atom stereocenters. The van der Waals surface area contributed by atoms with Crippen LogP contribution in [0.3, 0.4) is 0 Å². The molecule has 0 unspecified atom stereocenters. The number of pyridine rings is 1. The Balaban J connectivity index is 1.67. The summed E-state index contributed by atoms with van der Waals surface area (Å²) in [5, 5.41) is 0. The van der Waals surface area contributed by atoms with Gasteiger partial charge in [0.25, 0.3) is 0 Å². The van der Waals surface area contributed by atoms with Crippen LogP contribution in [0.5, 0.6) is 0 Å². The third-order valence-corrected chi connectivity index (χ3v) is 8.08. The molecule has 1 aromatic carbocycles. The lowest BCUT2D eigenvalue weighted by Gasteiger charge is -2.33. The topological polar surface area (TPSA) is 62.3 Å². The molecule has 0 amide bonds. The van der Waals surface area contributed by atoms with Gasteiger partial charge in [0, 0.05) is 25.8 Å². The first-order chi connectivity index (χ1) is 13.2. The summed E-state index contributed by atoms with van der Waals surface area (Å²) in [6.07, 6.45) is 5.61. The van der Waals surface area contributed by atoms with Crippen molar-refractivity contribution >= 4 is 15.7 Å². The number of piperidine rings is 1. The van der Waals surface area contributed by atoms with Gasteiger partial charge in [0.15, 0.2) is 0 Å². The monoisotopic (exact) mass is 401 g/mol. The number of rotatable bonds is 5. The van der Waals surface area contributed by atoms with Gasteiger partial charge in [-0.2, -0.15) is 0 Å². The summed E-state index contributed by atoms with van der Waals surface area (Å²) in [6, 6.07) is 4.02. The minimum atomic E-state index is -3.52. The van der Waals surface area contributed by atoms with Gasteiger partial charge >= 0.3 is 0 Å². The molecular weight excluding hydrogens is 370 g/mol. The zero-order chi connectivity index (χ0) is 20.5. The number of hydrogen-bond donors (Lipinski definition) is 1. The number of benzene rings is 1. The molecule has 1 saturated heterocycles. The molecule has 2 aromatic rings. The molecule has 5 nitrogen and oxygen atoms in total. The lowest BCUT2D eigenvalue weighted by Crippen LogP contribution is -2.39. The maximum Gasteiger partial charge on any atom is 0.241 e. The molecule has 1 aromatic heterocycles. The molecule has 0 aliphatic carbocycles. The molecular formula is C22H31N3O2S. The van der Waals surface area contributed by atoms with Gasteiger partial charge in [0.1, 0.15) is 0 Å². The van der Waals surface area contributed by atoms with Crippen molar-refractivity contribution in [2.75, 3.05) is 24.5 Å². The number of sulfonamides is 1. The van der Waals surface area contributed by atoms with Crippen LogP contribution in [0, 0.1) is 40.5 Å². The van der Waals surface area contributed by atoms with Crippen molar-refractivity contribution in [1.29, 1.82) is 0 Å². The average molecular weight is 402 g/mol. The van der Waals surface area contributed by atoms with Crippen molar-refractivity contribution in [3.63, 3.8) is 0 Å². The summed E-state index contributed by atoms with van der Waals surface area (Å²) in [5.41, 5.74) is 6.16. The van der Waals surface area contributed by atoms with Gasteiger partial charge in [-0.15, -0.1) is 0 Å². The molecule has 0 saturated carbocycles. The van der Waals surface area contributed by atoms with Crippen molar-refractivity contribution in [2.45, 2.75) is 52.4 Å². The summed E-state index contributed by atoms with van der Waals surface area (Å²) in [5.74, 6) is 0.357. The first-order valence-electron chi connectivity index (χ1n) is 9.94. The minimum Gasteiger partial charge on any atom is -0.370 e. The lowest BCUT2D eigenvalue weighted by atomic mass is 9.95. The Kier molecular flexibility index (Phi) is 6.10. The summed E-state index contributed by atoms with van der Waals surface area (Å²) in [6.45, 7) is 12.2. The smallest absolute Gasteiger partial charge is 0.241 e. The first kappa shape index (κ1) is 20.8. The Morgan fingerprint density at radius 1 is 1.00 bits per heavy atom. The van der Waals surface area contributed by atoms with Crippen LogP contribution in [0.1, 0.15) is 40.7 Å². The molecule has 1 aliphatic heterocycles. The highest BCUT2D eigenvalue weighted by Gasteiger charge is 2.26. The van der Waals surface area contributed by atoms with Crippen LogP contribution in [0.15, 0.2) is 29.4 Å². The standard InChI is InChI=1S/C22H31N3O2S/c1-15-16(2)18(4)22(19(5)17(15)3)28(26,27)24-13-20-8-11-25(12-9-20)21-7-6-10-23-14-21/h6-7,10,14,20,24H,8-9,11-13H2,1-5H3. The molecule has 1 fully saturated rings. The fourth-order valence-corrected chi connectivity index (χ4v) is 5.82. The molecule has 2 heterocycles. The van der Waals surface area contributed by atoms with Gasteiger partial charge in [-0.1, -0.05) is 0 Å². The summed E-state index contributed by atoms with van der Waals surface area (Å²) >= 11 is 0. The SMILES string of the molecule is Cc1c(C)c(C)c(S(=O)(=O)NCC2CCN(c3cccnc3)CC2)c(C)c1C. The van der Waals surface area contributed by atoms with Crippen LogP contribution in [-0.4, -0.2) is 33.0 Å². The van der Waals surface area contributed by atoms with E-state index in [0.29, 0.717) is 17.4 Å². The Hall–Kier alpha value is -1.92. The van der Waals surface area contributed by atoms with Gasteiger partial charge in [-0.25, -0.2) is 13.1 Å². The Morgan fingerprint density at radius 3 is 2.11 bits per heavy atom. The number of nitrogens with zero attached hydrogens (tertiary/aromatic N) is 2. The molecule has 1 aliphatic rings. The zero-order valence-corrected chi connectivity index (χ0v) is 18.4. The predicted octanol–water partition coefficient (Wildman–Crippen LogP) is 3.82. The second-order valence-electron chi connectivity index (χ2n) is 7.95. The van der Waals surface area contributed by atoms with E-state index >= 15 is 0 Å². The van der Waals surface area contributed by atoms with E-state index < -0.39 is 10.0 Å². The molecule has 1 N–H and O–H groups in total. The number of anilines is 1. The second kappa shape index (κ2) is 8.21. The highest BCUT2D eigenvalue weighted by molar-refractivity contribution is 7.89. The third-order valence-electron chi connectivity index (χ3n) is 6.39. The van der Waals surface area contributed by atoms with Crippen LogP contribution >= 0.6 is 0 Å². The van der Waals surface area contributed by atoms with E-state index in [0.717, 1.165) is 53.9 Å². The van der Waals surface area contributed by atoms with Gasteiger partial charge in [0.2, 0.25) is 10.0 Å². The van der Waals surface area contributed by atoms with Gasteiger partial charge < -0.3 is 4.90 Å². The van der Waals surface area contributed by atoms with E-state index in [1.54, 1.807) is 6.20 Å². The number of nitrogens with one attached hydrogen (secondary N) is 1. The van der Waals surface area contributed by atoms with Crippen molar-refractivity contribution in [1.82, 2.24) is 9.71 Å². The van der Waals surface area contributed by atoms with Crippen LogP contribution < -0.4 is 9.62 Å². The maximum absolute atomic E-state index is 13.1. The average Bonchev–Trinajstić information content (AvgIpc) is 2.70. The van der Waals surface area contributed by atoms with Crippen molar-refractivity contribution in [2.24, 2.45) is 5.92 Å².